The molecule has 1 aromatic carbocycles. The Labute approximate surface area is 118 Å². The second-order valence-corrected chi connectivity index (χ2v) is 5.01. The number of anilines is 1. The van der Waals surface area contributed by atoms with Crippen molar-refractivity contribution in [1.82, 2.24) is 0 Å². The van der Waals surface area contributed by atoms with Crippen molar-refractivity contribution in [2.45, 2.75) is 45.8 Å². The van der Waals surface area contributed by atoms with E-state index in [0.717, 1.165) is 5.69 Å². The van der Waals surface area contributed by atoms with Gasteiger partial charge in [-0.25, -0.2) is 4.79 Å². The summed E-state index contributed by atoms with van der Waals surface area (Å²) >= 11 is 0. The fourth-order valence-corrected chi connectivity index (χ4v) is 1.68. The zero-order chi connectivity index (χ0) is 15.1. The molecule has 0 saturated heterocycles. The summed E-state index contributed by atoms with van der Waals surface area (Å²) in [6, 6.07) is 7.01. The fourth-order valence-electron chi connectivity index (χ4n) is 1.68. The largest absolute Gasteiger partial charge is 0.481 e. The minimum absolute atomic E-state index is 0.0552. The van der Waals surface area contributed by atoms with E-state index in [-0.39, 0.29) is 24.5 Å². The van der Waals surface area contributed by atoms with Crippen LogP contribution in [0.5, 0.6) is 0 Å². The van der Waals surface area contributed by atoms with Crippen molar-refractivity contribution in [3.63, 3.8) is 0 Å². The fraction of sp³-hybridized carbons (Fsp3) is 0.467. The van der Waals surface area contributed by atoms with Crippen molar-refractivity contribution < 1.29 is 19.4 Å². The van der Waals surface area contributed by atoms with Gasteiger partial charge in [0.15, 0.2) is 0 Å². The molecule has 0 saturated carbocycles. The maximum Gasteiger partial charge on any atom is 0.338 e. The highest BCUT2D eigenvalue weighted by molar-refractivity contribution is 5.89. The standard InChI is InChI=1S/C15H21NO4/c1-10(2)20-15(19)12-5-7-13(8-6-12)16-11(3)4-9-14(17)18/h5-8,10-11,16H,4,9H2,1-3H3,(H,17,18). The Balaban J connectivity index is 2.54. The van der Waals surface area contributed by atoms with E-state index in [4.69, 9.17) is 9.84 Å². The van der Waals surface area contributed by atoms with E-state index < -0.39 is 5.97 Å². The average Bonchev–Trinajstić information content (AvgIpc) is 2.36. The zero-order valence-corrected chi connectivity index (χ0v) is 12.1. The molecule has 0 radical (unpaired) electrons. The maximum absolute atomic E-state index is 11.7. The molecular weight excluding hydrogens is 258 g/mol. The number of esters is 1. The number of aliphatic carboxylic acids is 1. The number of hydrogen-bond donors (Lipinski definition) is 2. The Morgan fingerprint density at radius 3 is 2.30 bits per heavy atom. The quantitative estimate of drug-likeness (QED) is 0.750. The van der Waals surface area contributed by atoms with Crippen LogP contribution in [0.25, 0.3) is 0 Å². The lowest BCUT2D eigenvalue weighted by Gasteiger charge is -2.14. The van der Waals surface area contributed by atoms with Crippen LogP contribution in [-0.4, -0.2) is 29.2 Å². The van der Waals surface area contributed by atoms with Gasteiger partial charge >= 0.3 is 11.9 Å². The van der Waals surface area contributed by atoms with E-state index >= 15 is 0 Å². The molecule has 1 aromatic rings. The van der Waals surface area contributed by atoms with Crippen LogP contribution in [0.2, 0.25) is 0 Å². The topological polar surface area (TPSA) is 75.6 Å². The van der Waals surface area contributed by atoms with Gasteiger partial charge in [-0.3, -0.25) is 4.79 Å². The lowest BCUT2D eigenvalue weighted by Crippen LogP contribution is -2.17. The van der Waals surface area contributed by atoms with Crippen molar-refractivity contribution in [2.24, 2.45) is 0 Å². The zero-order valence-electron chi connectivity index (χ0n) is 12.1. The van der Waals surface area contributed by atoms with Gasteiger partial charge in [0.05, 0.1) is 11.7 Å². The molecule has 0 bridgehead atoms. The summed E-state index contributed by atoms with van der Waals surface area (Å²) in [6.07, 6.45) is 0.538. The number of rotatable bonds is 7. The van der Waals surface area contributed by atoms with Gasteiger partial charge in [-0.2, -0.15) is 0 Å². The summed E-state index contributed by atoms with van der Waals surface area (Å²) in [7, 11) is 0. The van der Waals surface area contributed by atoms with Crippen molar-refractivity contribution in [3.05, 3.63) is 29.8 Å². The number of hydrogen-bond acceptors (Lipinski definition) is 4. The summed E-state index contributed by atoms with van der Waals surface area (Å²) in [4.78, 5) is 22.1. The average molecular weight is 279 g/mol. The van der Waals surface area contributed by atoms with Gasteiger partial charge in [0.1, 0.15) is 0 Å². The number of carbonyl (C=O) groups is 2. The molecule has 0 aliphatic carbocycles. The predicted octanol–water partition coefficient (Wildman–Crippen LogP) is 2.92. The molecule has 0 fully saturated rings. The molecular formula is C15H21NO4. The van der Waals surface area contributed by atoms with Gasteiger partial charge in [0.2, 0.25) is 0 Å². The highest BCUT2D eigenvalue weighted by Crippen LogP contribution is 2.13. The molecule has 0 spiro atoms. The number of carboxylic acids is 1. The number of benzene rings is 1. The van der Waals surface area contributed by atoms with Gasteiger partial charge in [-0.1, -0.05) is 0 Å². The van der Waals surface area contributed by atoms with Gasteiger partial charge < -0.3 is 15.2 Å². The molecule has 0 aliphatic rings. The first-order chi connectivity index (χ1) is 9.38. The third-order valence-electron chi connectivity index (χ3n) is 2.67. The monoisotopic (exact) mass is 279 g/mol. The van der Waals surface area contributed by atoms with E-state index in [1.807, 2.05) is 6.92 Å². The molecule has 1 rings (SSSR count). The number of nitrogens with one attached hydrogen (secondary N) is 1. The first-order valence-electron chi connectivity index (χ1n) is 6.68. The summed E-state index contributed by atoms with van der Waals surface area (Å²) < 4.78 is 5.10. The molecule has 1 unspecified atom stereocenters. The molecule has 0 aliphatic heterocycles. The van der Waals surface area contributed by atoms with Crippen molar-refractivity contribution in [2.75, 3.05) is 5.32 Å². The van der Waals surface area contributed by atoms with Crippen molar-refractivity contribution in [1.29, 1.82) is 0 Å². The molecule has 0 heterocycles. The highest BCUT2D eigenvalue weighted by atomic mass is 16.5. The van der Waals surface area contributed by atoms with Crippen LogP contribution < -0.4 is 5.32 Å². The van der Waals surface area contributed by atoms with Crippen LogP contribution in [0.3, 0.4) is 0 Å². The van der Waals surface area contributed by atoms with Crippen LogP contribution in [0.1, 0.15) is 44.0 Å². The summed E-state index contributed by atoms with van der Waals surface area (Å²) in [5, 5.41) is 11.8. The van der Waals surface area contributed by atoms with E-state index in [0.29, 0.717) is 12.0 Å². The molecule has 1 atom stereocenters. The van der Waals surface area contributed by atoms with Crippen molar-refractivity contribution in [3.8, 4) is 0 Å². The van der Waals surface area contributed by atoms with Gasteiger partial charge in [-0.05, 0) is 51.5 Å². The molecule has 0 amide bonds. The third-order valence-corrected chi connectivity index (χ3v) is 2.67. The van der Waals surface area contributed by atoms with E-state index in [1.54, 1.807) is 38.1 Å². The number of carboxylic acid groups (broad SMARTS) is 1. The molecule has 5 nitrogen and oxygen atoms in total. The predicted molar refractivity (Wildman–Crippen MR) is 76.9 cm³/mol. The summed E-state index contributed by atoms with van der Waals surface area (Å²) in [5.41, 5.74) is 1.35. The highest BCUT2D eigenvalue weighted by Gasteiger charge is 2.09. The van der Waals surface area contributed by atoms with Crippen LogP contribution in [0.15, 0.2) is 24.3 Å². The van der Waals surface area contributed by atoms with Crippen LogP contribution >= 0.6 is 0 Å². The number of ether oxygens (including phenoxy) is 1. The minimum Gasteiger partial charge on any atom is -0.481 e. The van der Waals surface area contributed by atoms with Gasteiger partial charge in [0.25, 0.3) is 0 Å². The van der Waals surface area contributed by atoms with Crippen LogP contribution in [0, 0.1) is 0 Å². The molecule has 2 N–H and O–H groups in total. The Morgan fingerprint density at radius 1 is 1.20 bits per heavy atom. The maximum atomic E-state index is 11.7. The Bertz CT molecular complexity index is 453. The molecule has 20 heavy (non-hydrogen) atoms. The Morgan fingerprint density at radius 2 is 1.80 bits per heavy atom. The lowest BCUT2D eigenvalue weighted by molar-refractivity contribution is -0.137. The Hall–Kier alpha value is -2.04. The van der Waals surface area contributed by atoms with Crippen molar-refractivity contribution >= 4 is 17.6 Å². The van der Waals surface area contributed by atoms with Crippen LogP contribution in [-0.2, 0) is 9.53 Å². The van der Waals surface area contributed by atoms with Crippen LogP contribution in [0.4, 0.5) is 5.69 Å². The first kappa shape index (κ1) is 16.0. The summed E-state index contributed by atoms with van der Waals surface area (Å²) in [6.45, 7) is 5.53. The normalized spacial score (nSPS) is 12.0. The molecule has 5 heteroatoms. The SMILES string of the molecule is CC(CCC(=O)O)Nc1ccc(C(=O)OC(C)C)cc1. The minimum atomic E-state index is -0.801. The molecule has 0 aromatic heterocycles. The lowest BCUT2D eigenvalue weighted by atomic mass is 10.1. The third kappa shape index (κ3) is 5.73. The van der Waals surface area contributed by atoms with E-state index in [1.165, 1.54) is 0 Å². The Kier molecular flexibility index (Phi) is 6.03. The van der Waals surface area contributed by atoms with E-state index in [2.05, 4.69) is 5.32 Å². The number of carbonyl (C=O) groups excluding carboxylic acids is 1. The van der Waals surface area contributed by atoms with E-state index in [9.17, 15) is 9.59 Å². The second kappa shape index (κ2) is 7.53. The summed E-state index contributed by atoms with van der Waals surface area (Å²) in [5.74, 6) is -1.14. The van der Waals surface area contributed by atoms with Gasteiger partial charge in [0, 0.05) is 18.2 Å². The second-order valence-electron chi connectivity index (χ2n) is 5.01. The van der Waals surface area contributed by atoms with Gasteiger partial charge in [-0.15, -0.1) is 0 Å². The smallest absolute Gasteiger partial charge is 0.338 e. The first-order valence-corrected chi connectivity index (χ1v) is 6.68. The molecule has 110 valence electrons.